The number of nitrogens with zero attached hydrogens (tertiary/aromatic N) is 1. The zero-order valence-corrected chi connectivity index (χ0v) is 12.3. The molecule has 1 fully saturated rings. The standard InChI is InChI=1S/C13H26N2OS/c1-13(2,3)8-10(14)7-12(16)15(4)11-5-6-17-9-11/h10-11H,5-9,14H2,1-4H3. The maximum absolute atomic E-state index is 12.1. The van der Waals surface area contributed by atoms with Crippen LogP contribution in [0.25, 0.3) is 0 Å². The maximum atomic E-state index is 12.1. The summed E-state index contributed by atoms with van der Waals surface area (Å²) < 4.78 is 0. The van der Waals surface area contributed by atoms with Crippen molar-refractivity contribution in [2.45, 2.75) is 52.1 Å². The van der Waals surface area contributed by atoms with Gasteiger partial charge >= 0.3 is 0 Å². The molecule has 0 aromatic carbocycles. The summed E-state index contributed by atoms with van der Waals surface area (Å²) >= 11 is 1.93. The first kappa shape index (κ1) is 14.8. The van der Waals surface area contributed by atoms with Crippen molar-refractivity contribution in [3.8, 4) is 0 Å². The summed E-state index contributed by atoms with van der Waals surface area (Å²) in [6.45, 7) is 6.48. The maximum Gasteiger partial charge on any atom is 0.224 e. The summed E-state index contributed by atoms with van der Waals surface area (Å²) in [4.78, 5) is 14.0. The van der Waals surface area contributed by atoms with Crippen molar-refractivity contribution in [1.29, 1.82) is 0 Å². The molecule has 0 aromatic heterocycles. The molecule has 1 aliphatic rings. The van der Waals surface area contributed by atoms with E-state index >= 15 is 0 Å². The summed E-state index contributed by atoms with van der Waals surface area (Å²) in [5.74, 6) is 2.46. The van der Waals surface area contributed by atoms with Crippen LogP contribution in [0.4, 0.5) is 0 Å². The van der Waals surface area contributed by atoms with Crippen LogP contribution in [0.1, 0.15) is 40.0 Å². The van der Waals surface area contributed by atoms with Crippen LogP contribution in [-0.4, -0.2) is 41.4 Å². The Labute approximate surface area is 109 Å². The second-order valence-corrected chi connectivity index (χ2v) is 7.40. The van der Waals surface area contributed by atoms with Crippen molar-refractivity contribution >= 4 is 17.7 Å². The van der Waals surface area contributed by atoms with E-state index < -0.39 is 0 Å². The van der Waals surface area contributed by atoms with E-state index in [9.17, 15) is 4.79 Å². The lowest BCUT2D eigenvalue weighted by Crippen LogP contribution is -2.40. The van der Waals surface area contributed by atoms with E-state index in [0.29, 0.717) is 12.5 Å². The van der Waals surface area contributed by atoms with E-state index in [1.165, 1.54) is 5.75 Å². The molecule has 3 nitrogen and oxygen atoms in total. The summed E-state index contributed by atoms with van der Waals surface area (Å²) in [7, 11) is 1.92. The molecule has 0 spiro atoms. The normalized spacial score (nSPS) is 22.5. The average Bonchev–Trinajstić information content (AvgIpc) is 2.65. The zero-order valence-electron chi connectivity index (χ0n) is 11.5. The third-order valence-corrected chi connectivity index (χ3v) is 4.30. The van der Waals surface area contributed by atoms with E-state index in [-0.39, 0.29) is 17.4 Å². The van der Waals surface area contributed by atoms with Gasteiger partial charge in [-0.25, -0.2) is 0 Å². The number of hydrogen-bond acceptors (Lipinski definition) is 3. The first-order valence-electron chi connectivity index (χ1n) is 6.38. The Hall–Kier alpha value is -0.220. The molecule has 1 heterocycles. The molecule has 2 N–H and O–H groups in total. The Morgan fingerprint density at radius 1 is 1.53 bits per heavy atom. The lowest BCUT2D eigenvalue weighted by molar-refractivity contribution is -0.132. The molecule has 1 amide bonds. The van der Waals surface area contributed by atoms with E-state index in [1.54, 1.807) is 0 Å². The molecular formula is C13H26N2OS. The van der Waals surface area contributed by atoms with Gasteiger partial charge in [0.25, 0.3) is 0 Å². The third kappa shape index (κ3) is 5.30. The highest BCUT2D eigenvalue weighted by atomic mass is 32.2. The van der Waals surface area contributed by atoms with Gasteiger partial charge in [0.15, 0.2) is 0 Å². The van der Waals surface area contributed by atoms with E-state index in [4.69, 9.17) is 5.73 Å². The Morgan fingerprint density at radius 2 is 2.18 bits per heavy atom. The topological polar surface area (TPSA) is 46.3 Å². The molecule has 1 rings (SSSR count). The van der Waals surface area contributed by atoms with Crippen LogP contribution in [0, 0.1) is 5.41 Å². The summed E-state index contributed by atoms with van der Waals surface area (Å²) in [5.41, 5.74) is 6.24. The Kier molecular flexibility index (Phi) is 5.32. The number of rotatable bonds is 4. The second kappa shape index (κ2) is 6.10. The van der Waals surface area contributed by atoms with Crippen molar-refractivity contribution in [1.82, 2.24) is 4.90 Å². The average molecular weight is 258 g/mol. The van der Waals surface area contributed by atoms with Gasteiger partial charge in [-0.15, -0.1) is 0 Å². The van der Waals surface area contributed by atoms with Gasteiger partial charge in [-0.1, -0.05) is 20.8 Å². The molecule has 100 valence electrons. The van der Waals surface area contributed by atoms with Crippen molar-refractivity contribution in [3.05, 3.63) is 0 Å². The highest BCUT2D eigenvalue weighted by Crippen LogP contribution is 2.24. The number of amides is 1. The molecule has 4 heteroatoms. The molecule has 1 saturated heterocycles. The highest BCUT2D eigenvalue weighted by Gasteiger charge is 2.26. The lowest BCUT2D eigenvalue weighted by atomic mass is 9.87. The van der Waals surface area contributed by atoms with Gasteiger partial charge in [0.2, 0.25) is 5.91 Å². The number of thioether (sulfide) groups is 1. The lowest BCUT2D eigenvalue weighted by Gasteiger charge is -2.27. The van der Waals surface area contributed by atoms with Gasteiger partial charge in [-0.2, -0.15) is 11.8 Å². The fourth-order valence-electron chi connectivity index (χ4n) is 2.26. The van der Waals surface area contributed by atoms with Crippen LogP contribution in [0.5, 0.6) is 0 Å². The van der Waals surface area contributed by atoms with Crippen LogP contribution < -0.4 is 5.73 Å². The summed E-state index contributed by atoms with van der Waals surface area (Å²) in [6, 6.07) is 0.411. The smallest absolute Gasteiger partial charge is 0.224 e. The first-order valence-corrected chi connectivity index (χ1v) is 7.54. The van der Waals surface area contributed by atoms with Crippen molar-refractivity contribution < 1.29 is 4.79 Å². The zero-order chi connectivity index (χ0) is 13.1. The quantitative estimate of drug-likeness (QED) is 0.840. The van der Waals surface area contributed by atoms with E-state index in [1.807, 2.05) is 23.7 Å². The number of nitrogens with two attached hydrogens (primary N) is 1. The largest absolute Gasteiger partial charge is 0.342 e. The van der Waals surface area contributed by atoms with Crippen LogP contribution in [0.15, 0.2) is 0 Å². The first-order chi connectivity index (χ1) is 7.79. The van der Waals surface area contributed by atoms with Gasteiger partial charge < -0.3 is 10.6 Å². The van der Waals surface area contributed by atoms with Crippen molar-refractivity contribution in [2.24, 2.45) is 11.1 Å². The minimum atomic E-state index is -0.0148. The van der Waals surface area contributed by atoms with Gasteiger partial charge in [0, 0.05) is 31.3 Å². The monoisotopic (exact) mass is 258 g/mol. The molecule has 0 aromatic rings. The fraction of sp³-hybridized carbons (Fsp3) is 0.923. The van der Waals surface area contributed by atoms with E-state index in [2.05, 4.69) is 20.8 Å². The number of carbonyl (C=O) groups excluding carboxylic acids is 1. The van der Waals surface area contributed by atoms with Crippen LogP contribution >= 0.6 is 11.8 Å². The molecule has 2 atom stereocenters. The van der Waals surface area contributed by atoms with Crippen molar-refractivity contribution in [3.63, 3.8) is 0 Å². The Bertz CT molecular complexity index is 257. The third-order valence-electron chi connectivity index (χ3n) is 3.16. The SMILES string of the molecule is CN(C(=O)CC(N)CC(C)(C)C)C1CCSC1. The predicted octanol–water partition coefficient (Wildman–Crippen LogP) is 2.10. The fourth-order valence-corrected chi connectivity index (χ4v) is 3.53. The van der Waals surface area contributed by atoms with Gasteiger partial charge in [-0.05, 0) is 24.0 Å². The van der Waals surface area contributed by atoms with Gasteiger partial charge in [-0.3, -0.25) is 4.79 Å². The second-order valence-electron chi connectivity index (χ2n) is 6.25. The number of hydrogen-bond donors (Lipinski definition) is 1. The molecule has 0 saturated carbocycles. The van der Waals surface area contributed by atoms with Crippen molar-refractivity contribution in [2.75, 3.05) is 18.6 Å². The number of carbonyl (C=O) groups is 1. The Morgan fingerprint density at radius 3 is 2.65 bits per heavy atom. The minimum Gasteiger partial charge on any atom is -0.342 e. The summed E-state index contributed by atoms with van der Waals surface area (Å²) in [5, 5.41) is 0. The molecular weight excluding hydrogens is 232 g/mol. The van der Waals surface area contributed by atoms with Crippen LogP contribution in [0.3, 0.4) is 0 Å². The molecule has 17 heavy (non-hydrogen) atoms. The summed E-state index contributed by atoms with van der Waals surface area (Å²) in [6.07, 6.45) is 2.50. The van der Waals surface area contributed by atoms with Crippen LogP contribution in [-0.2, 0) is 4.79 Å². The van der Waals surface area contributed by atoms with E-state index in [0.717, 1.165) is 18.6 Å². The molecule has 1 aliphatic heterocycles. The minimum absolute atomic E-state index is 0.0148. The Balaban J connectivity index is 2.37. The van der Waals surface area contributed by atoms with Gasteiger partial charge in [0.05, 0.1) is 0 Å². The van der Waals surface area contributed by atoms with Gasteiger partial charge in [0.1, 0.15) is 0 Å². The highest BCUT2D eigenvalue weighted by molar-refractivity contribution is 7.99. The predicted molar refractivity (Wildman–Crippen MR) is 75.2 cm³/mol. The molecule has 0 radical (unpaired) electrons. The molecule has 0 bridgehead atoms. The molecule has 2 unspecified atom stereocenters. The van der Waals surface area contributed by atoms with Crippen LogP contribution in [0.2, 0.25) is 0 Å². The molecule has 0 aliphatic carbocycles.